The summed E-state index contributed by atoms with van der Waals surface area (Å²) in [7, 11) is 1.83. The van der Waals surface area contributed by atoms with Crippen LogP contribution < -0.4 is 5.32 Å². The van der Waals surface area contributed by atoms with Crippen molar-refractivity contribution in [3.05, 3.63) is 42.1 Å². The lowest BCUT2D eigenvalue weighted by Gasteiger charge is -2.22. The molecule has 0 radical (unpaired) electrons. The average Bonchev–Trinajstić information content (AvgIpc) is 3.48. The van der Waals surface area contributed by atoms with Gasteiger partial charge in [0, 0.05) is 18.2 Å². The molecule has 2 N–H and O–H groups in total. The number of aromatic nitrogens is 2. The normalized spacial score (nSPS) is 18.5. The topological polar surface area (TPSA) is 61.0 Å². The number of nitrogens with one attached hydrogen (secondary N) is 2. The van der Waals surface area contributed by atoms with Crippen molar-refractivity contribution in [1.29, 1.82) is 0 Å². The lowest BCUT2D eigenvalue weighted by Crippen LogP contribution is -2.45. The van der Waals surface area contributed by atoms with Gasteiger partial charge >= 0.3 is 6.03 Å². The zero-order chi connectivity index (χ0) is 15.9. The minimum atomic E-state index is 0.0188. The molecule has 0 unspecified atom stereocenters. The Morgan fingerprint density at radius 3 is 2.74 bits per heavy atom. The SMILES string of the molecule is CN(Cc1cc(-c2ccccc2)n[nH]1)C(=O)NC1(C2CC2)CC1. The van der Waals surface area contributed by atoms with Crippen LogP contribution in [-0.4, -0.2) is 33.7 Å². The highest BCUT2D eigenvalue weighted by Crippen LogP contribution is 2.53. The summed E-state index contributed by atoms with van der Waals surface area (Å²) in [5.74, 6) is 0.719. The molecule has 1 aromatic carbocycles. The molecule has 120 valence electrons. The number of nitrogens with zero attached hydrogens (tertiary/aromatic N) is 2. The molecule has 2 amide bonds. The fourth-order valence-corrected chi connectivity index (χ4v) is 3.24. The maximum absolute atomic E-state index is 12.4. The Labute approximate surface area is 136 Å². The standard InChI is InChI=1S/C18H22N4O/c1-22(17(23)19-18(9-10-18)14-7-8-14)12-15-11-16(21-20-15)13-5-3-2-4-6-13/h2-6,11,14H,7-10,12H2,1H3,(H,19,23)(H,20,21). The number of urea groups is 1. The predicted octanol–water partition coefficient (Wildman–Crippen LogP) is 3.16. The highest BCUT2D eigenvalue weighted by Gasteiger charge is 2.55. The number of carbonyl (C=O) groups is 1. The van der Waals surface area contributed by atoms with Crippen molar-refractivity contribution in [2.45, 2.75) is 37.8 Å². The third-order valence-corrected chi connectivity index (χ3v) is 4.96. The van der Waals surface area contributed by atoms with E-state index in [1.807, 2.05) is 43.4 Å². The second-order valence-corrected chi connectivity index (χ2v) is 6.86. The number of hydrogen-bond acceptors (Lipinski definition) is 2. The van der Waals surface area contributed by atoms with E-state index in [9.17, 15) is 4.79 Å². The molecule has 2 aromatic rings. The molecule has 0 atom stereocenters. The quantitative estimate of drug-likeness (QED) is 0.891. The fraction of sp³-hybridized carbons (Fsp3) is 0.444. The molecule has 2 fully saturated rings. The molecule has 1 heterocycles. The molecule has 2 aliphatic rings. The van der Waals surface area contributed by atoms with Crippen molar-refractivity contribution in [2.75, 3.05) is 7.05 Å². The Morgan fingerprint density at radius 2 is 2.09 bits per heavy atom. The fourth-order valence-electron chi connectivity index (χ4n) is 3.24. The first-order valence-electron chi connectivity index (χ1n) is 8.29. The van der Waals surface area contributed by atoms with E-state index in [0.29, 0.717) is 6.54 Å². The van der Waals surface area contributed by atoms with E-state index >= 15 is 0 Å². The van der Waals surface area contributed by atoms with Crippen molar-refractivity contribution < 1.29 is 4.79 Å². The summed E-state index contributed by atoms with van der Waals surface area (Å²) >= 11 is 0. The third-order valence-electron chi connectivity index (χ3n) is 4.96. The van der Waals surface area contributed by atoms with Crippen LogP contribution in [0.4, 0.5) is 4.79 Å². The number of carbonyl (C=O) groups excluding carboxylic acids is 1. The highest BCUT2D eigenvalue weighted by atomic mass is 16.2. The molecule has 0 saturated heterocycles. The van der Waals surface area contributed by atoms with Gasteiger partial charge in [-0.3, -0.25) is 5.10 Å². The van der Waals surface area contributed by atoms with Crippen LogP contribution >= 0.6 is 0 Å². The monoisotopic (exact) mass is 310 g/mol. The molecule has 0 bridgehead atoms. The van der Waals surface area contributed by atoms with Crippen LogP contribution in [0.1, 0.15) is 31.4 Å². The van der Waals surface area contributed by atoms with Crippen LogP contribution in [-0.2, 0) is 6.54 Å². The van der Waals surface area contributed by atoms with Crippen molar-refractivity contribution in [3.8, 4) is 11.3 Å². The van der Waals surface area contributed by atoms with Crippen LogP contribution in [0.25, 0.3) is 11.3 Å². The lowest BCUT2D eigenvalue weighted by molar-refractivity contribution is 0.198. The van der Waals surface area contributed by atoms with E-state index in [2.05, 4.69) is 15.5 Å². The maximum atomic E-state index is 12.4. The first-order chi connectivity index (χ1) is 11.2. The number of rotatable bonds is 5. The summed E-state index contributed by atoms with van der Waals surface area (Å²) in [5, 5.41) is 10.6. The Balaban J connectivity index is 1.38. The second kappa shape index (κ2) is 5.41. The molecule has 23 heavy (non-hydrogen) atoms. The Kier molecular flexibility index (Phi) is 3.36. The number of hydrogen-bond donors (Lipinski definition) is 2. The van der Waals surface area contributed by atoms with Gasteiger partial charge in [-0.05, 0) is 37.7 Å². The molecular formula is C18H22N4O. The second-order valence-electron chi connectivity index (χ2n) is 6.86. The summed E-state index contributed by atoms with van der Waals surface area (Å²) in [4.78, 5) is 14.1. The minimum absolute atomic E-state index is 0.0188. The molecule has 5 heteroatoms. The molecule has 0 aliphatic heterocycles. The Hall–Kier alpha value is -2.30. The van der Waals surface area contributed by atoms with Gasteiger partial charge in [0.1, 0.15) is 0 Å². The molecule has 2 saturated carbocycles. The van der Waals surface area contributed by atoms with Gasteiger partial charge in [0.2, 0.25) is 0 Å². The Bertz CT molecular complexity index is 701. The lowest BCUT2D eigenvalue weighted by atomic mass is 10.1. The van der Waals surface area contributed by atoms with E-state index < -0.39 is 0 Å². The Morgan fingerprint density at radius 1 is 1.35 bits per heavy atom. The molecule has 1 aromatic heterocycles. The molecule has 5 nitrogen and oxygen atoms in total. The van der Waals surface area contributed by atoms with Crippen LogP contribution in [0.5, 0.6) is 0 Å². The smallest absolute Gasteiger partial charge is 0.317 e. The predicted molar refractivity (Wildman–Crippen MR) is 88.7 cm³/mol. The summed E-state index contributed by atoms with van der Waals surface area (Å²) in [6, 6.07) is 12.1. The van der Waals surface area contributed by atoms with Gasteiger partial charge in [-0.25, -0.2) is 4.79 Å². The zero-order valence-electron chi connectivity index (χ0n) is 13.4. The number of benzene rings is 1. The summed E-state index contributed by atoms with van der Waals surface area (Å²) in [6.07, 6.45) is 4.81. The number of amides is 2. The molecule has 4 rings (SSSR count). The van der Waals surface area contributed by atoms with Gasteiger partial charge in [0.15, 0.2) is 0 Å². The molecule has 2 aliphatic carbocycles. The number of aromatic amines is 1. The third kappa shape index (κ3) is 2.96. The van der Waals surface area contributed by atoms with Gasteiger partial charge in [0.05, 0.1) is 17.9 Å². The van der Waals surface area contributed by atoms with Crippen molar-refractivity contribution in [2.24, 2.45) is 5.92 Å². The van der Waals surface area contributed by atoms with Crippen molar-refractivity contribution in [3.63, 3.8) is 0 Å². The van der Waals surface area contributed by atoms with Crippen molar-refractivity contribution in [1.82, 2.24) is 20.4 Å². The molecular weight excluding hydrogens is 288 g/mol. The van der Waals surface area contributed by atoms with E-state index in [-0.39, 0.29) is 11.6 Å². The van der Waals surface area contributed by atoms with Crippen LogP contribution in [0.3, 0.4) is 0 Å². The van der Waals surface area contributed by atoms with E-state index in [1.54, 1.807) is 4.90 Å². The summed E-state index contributed by atoms with van der Waals surface area (Å²) < 4.78 is 0. The van der Waals surface area contributed by atoms with Gasteiger partial charge < -0.3 is 10.2 Å². The zero-order valence-corrected chi connectivity index (χ0v) is 13.4. The average molecular weight is 310 g/mol. The van der Waals surface area contributed by atoms with E-state index in [4.69, 9.17) is 0 Å². The summed E-state index contributed by atoms with van der Waals surface area (Å²) in [5.41, 5.74) is 3.05. The molecule has 0 spiro atoms. The van der Waals surface area contributed by atoms with Gasteiger partial charge in [-0.2, -0.15) is 5.10 Å². The van der Waals surface area contributed by atoms with Crippen LogP contribution in [0.15, 0.2) is 36.4 Å². The number of H-pyrrole nitrogens is 1. The van der Waals surface area contributed by atoms with Crippen LogP contribution in [0.2, 0.25) is 0 Å². The van der Waals surface area contributed by atoms with E-state index in [1.165, 1.54) is 12.8 Å². The largest absolute Gasteiger partial charge is 0.332 e. The highest BCUT2D eigenvalue weighted by molar-refractivity contribution is 5.75. The first-order valence-corrected chi connectivity index (χ1v) is 8.29. The van der Waals surface area contributed by atoms with Crippen LogP contribution in [0, 0.1) is 5.92 Å². The first kappa shape index (κ1) is 14.3. The van der Waals surface area contributed by atoms with Gasteiger partial charge in [-0.1, -0.05) is 30.3 Å². The van der Waals surface area contributed by atoms with E-state index in [0.717, 1.165) is 35.7 Å². The summed E-state index contributed by atoms with van der Waals surface area (Å²) in [6.45, 7) is 0.534. The van der Waals surface area contributed by atoms with Gasteiger partial charge in [-0.15, -0.1) is 0 Å². The van der Waals surface area contributed by atoms with Crippen molar-refractivity contribution >= 4 is 6.03 Å². The minimum Gasteiger partial charge on any atom is -0.332 e. The van der Waals surface area contributed by atoms with Gasteiger partial charge in [0.25, 0.3) is 0 Å². The maximum Gasteiger partial charge on any atom is 0.317 e.